The number of aliphatic carboxylic acids is 1. The first-order chi connectivity index (χ1) is 24.4. The number of aromatic nitrogens is 1. The first-order valence-electron chi connectivity index (χ1n) is 17.3. The Morgan fingerprint density at radius 1 is 1.13 bits per heavy atom. The molecule has 3 amide bonds. The van der Waals surface area contributed by atoms with E-state index >= 15 is 0 Å². The van der Waals surface area contributed by atoms with Crippen LogP contribution >= 0.6 is 11.6 Å². The summed E-state index contributed by atoms with van der Waals surface area (Å²) in [6.07, 6.45) is 0.300. The van der Waals surface area contributed by atoms with Crippen molar-refractivity contribution in [2.75, 3.05) is 13.7 Å². The number of nitrogens with zero attached hydrogens (tertiary/aromatic N) is 2. The number of carbonyl (C=O) groups excluding carboxylic acids is 3. The molecule has 16 heteroatoms. The van der Waals surface area contributed by atoms with Gasteiger partial charge in [0.05, 0.1) is 24.5 Å². The highest BCUT2D eigenvalue weighted by atomic mass is 35.5. The van der Waals surface area contributed by atoms with Gasteiger partial charge in [0.2, 0.25) is 11.8 Å². The predicted octanol–water partition coefficient (Wildman–Crippen LogP) is 6.04. The van der Waals surface area contributed by atoms with Crippen molar-refractivity contribution in [3.05, 3.63) is 41.6 Å². The highest BCUT2D eigenvalue weighted by molar-refractivity contribution is 6.22. The number of methoxy groups -OCH3 is 1. The van der Waals surface area contributed by atoms with Crippen LogP contribution < -0.4 is 20.1 Å². The second kappa shape index (κ2) is 13.6. The number of carbonyl (C=O) groups is 4. The molecule has 0 radical (unpaired) electrons. The van der Waals surface area contributed by atoms with Gasteiger partial charge in [0.15, 0.2) is 11.4 Å². The number of fused-ring (bicyclic) bond motifs is 5. The van der Waals surface area contributed by atoms with Gasteiger partial charge in [0, 0.05) is 29.7 Å². The van der Waals surface area contributed by atoms with Gasteiger partial charge in [-0.25, -0.2) is 14.6 Å². The number of alkyl carbamates (subject to hydrolysis) is 1. The van der Waals surface area contributed by atoms with E-state index in [1.165, 1.54) is 30.2 Å². The van der Waals surface area contributed by atoms with Crippen LogP contribution in [-0.4, -0.2) is 81.3 Å². The average molecular weight is 751 g/mol. The van der Waals surface area contributed by atoms with E-state index in [0.29, 0.717) is 25.0 Å². The van der Waals surface area contributed by atoms with Crippen molar-refractivity contribution in [1.82, 2.24) is 20.5 Å². The Bertz CT molecular complexity index is 1820. The molecule has 1 spiro atoms. The Morgan fingerprint density at radius 3 is 2.56 bits per heavy atom. The Kier molecular flexibility index (Phi) is 9.81. The lowest BCUT2D eigenvalue weighted by Gasteiger charge is -2.39. The molecule has 4 aliphatic rings. The molecule has 6 rings (SSSR count). The van der Waals surface area contributed by atoms with Crippen molar-refractivity contribution >= 4 is 46.4 Å². The van der Waals surface area contributed by atoms with Gasteiger partial charge in [-0.05, 0) is 64.7 Å². The van der Waals surface area contributed by atoms with Gasteiger partial charge < -0.3 is 34.9 Å². The maximum Gasteiger partial charge on any atom is 0.437 e. The predicted molar refractivity (Wildman–Crippen MR) is 182 cm³/mol. The second-order valence-electron chi connectivity index (χ2n) is 15.1. The fourth-order valence-corrected chi connectivity index (χ4v) is 8.02. The van der Waals surface area contributed by atoms with Crippen molar-refractivity contribution in [2.45, 2.75) is 113 Å². The lowest BCUT2D eigenvalue weighted by Crippen LogP contribution is -2.56. The van der Waals surface area contributed by atoms with Crippen LogP contribution in [0, 0.1) is 5.92 Å². The van der Waals surface area contributed by atoms with E-state index in [9.17, 15) is 37.5 Å². The fourth-order valence-electron chi connectivity index (χ4n) is 7.53. The summed E-state index contributed by atoms with van der Waals surface area (Å²) in [5.41, 5.74) is -5.37. The zero-order chi connectivity index (χ0) is 37.8. The Morgan fingerprint density at radius 2 is 1.88 bits per heavy atom. The van der Waals surface area contributed by atoms with Crippen LogP contribution in [0.3, 0.4) is 0 Å². The molecule has 0 bridgehead atoms. The summed E-state index contributed by atoms with van der Waals surface area (Å²) in [7, 11) is 1.41. The molecule has 2 aromatic rings. The summed E-state index contributed by atoms with van der Waals surface area (Å²) in [6.45, 7) is 4.61. The number of halogens is 4. The molecular weight excluding hydrogens is 709 g/mol. The number of carboxylic acid groups (broad SMARTS) is 1. The summed E-state index contributed by atoms with van der Waals surface area (Å²) in [5.74, 6) is -3.50. The molecule has 1 aromatic carbocycles. The smallest absolute Gasteiger partial charge is 0.437 e. The van der Waals surface area contributed by atoms with Crippen LogP contribution in [0.2, 0.25) is 0 Å². The molecule has 282 valence electrons. The van der Waals surface area contributed by atoms with E-state index in [1.54, 1.807) is 26.8 Å². The fraction of sp³-hybridized carbons (Fsp3) is 0.583. The van der Waals surface area contributed by atoms with E-state index in [4.69, 9.17) is 25.8 Å². The molecule has 1 saturated heterocycles. The molecule has 1 aliphatic carbocycles. The number of amides is 3. The van der Waals surface area contributed by atoms with Gasteiger partial charge in [-0.1, -0.05) is 25.0 Å². The summed E-state index contributed by atoms with van der Waals surface area (Å²) in [4.78, 5) is 59.2. The first kappa shape index (κ1) is 37.5. The number of benzene rings is 1. The van der Waals surface area contributed by atoms with E-state index in [-0.39, 0.29) is 48.7 Å². The van der Waals surface area contributed by atoms with E-state index in [1.807, 2.05) is 6.08 Å². The lowest BCUT2D eigenvalue weighted by atomic mass is 9.86. The number of pyridine rings is 1. The van der Waals surface area contributed by atoms with Crippen molar-refractivity contribution in [1.29, 1.82) is 0 Å². The van der Waals surface area contributed by atoms with Crippen molar-refractivity contribution < 1.29 is 51.7 Å². The topological polar surface area (TPSA) is 156 Å². The monoisotopic (exact) mass is 750 g/mol. The van der Waals surface area contributed by atoms with Gasteiger partial charge in [0.1, 0.15) is 34.6 Å². The van der Waals surface area contributed by atoms with E-state index < -0.39 is 81.6 Å². The number of nitrogens with one attached hydrogen (secondary N) is 2. The third-order valence-electron chi connectivity index (χ3n) is 10.1. The molecule has 3 aliphatic heterocycles. The summed E-state index contributed by atoms with van der Waals surface area (Å²) in [5, 5.41) is 14.7. The van der Waals surface area contributed by atoms with Gasteiger partial charge in [-0.3, -0.25) is 9.59 Å². The van der Waals surface area contributed by atoms with E-state index in [2.05, 4.69) is 15.6 Å². The van der Waals surface area contributed by atoms with Crippen LogP contribution in [0.4, 0.5) is 18.0 Å². The Labute approximate surface area is 303 Å². The summed E-state index contributed by atoms with van der Waals surface area (Å²) in [6, 6.07) is 1.84. The molecule has 52 heavy (non-hydrogen) atoms. The quantitative estimate of drug-likeness (QED) is 0.252. The molecule has 1 aromatic heterocycles. The van der Waals surface area contributed by atoms with Crippen molar-refractivity contribution in [3.8, 4) is 11.5 Å². The SMILES string of the molecule is COc1ccc2nc(C(F)(F)F)c3c(c2c1)C(Cl)C[C@]1(C[C@H]2C(=O)N[C@]4(C(=O)O)C[C@H]4/C=C\CCCCC[C@H](NC(=O)OC(C)(C)C)C(=O)N2C1)O3. The molecule has 1 unspecified atom stereocenters. The molecule has 4 heterocycles. The van der Waals surface area contributed by atoms with Gasteiger partial charge in [-0.15, -0.1) is 11.6 Å². The third-order valence-corrected chi connectivity index (χ3v) is 10.5. The minimum absolute atomic E-state index is 0.0220. The number of carboxylic acids is 1. The molecule has 3 N–H and O–H groups in total. The number of rotatable bonds is 3. The minimum atomic E-state index is -4.96. The molecule has 2 fully saturated rings. The van der Waals surface area contributed by atoms with Crippen LogP contribution in [0.1, 0.15) is 88.8 Å². The second-order valence-corrected chi connectivity index (χ2v) is 15.6. The van der Waals surface area contributed by atoms with Crippen molar-refractivity contribution in [3.63, 3.8) is 0 Å². The van der Waals surface area contributed by atoms with Gasteiger partial charge in [0.25, 0.3) is 0 Å². The number of allylic oxidation sites excluding steroid dienone is 1. The number of hydrogen-bond acceptors (Lipinski definition) is 8. The average Bonchev–Trinajstić information content (AvgIpc) is 3.63. The zero-order valence-electron chi connectivity index (χ0n) is 29.3. The highest BCUT2D eigenvalue weighted by Gasteiger charge is 2.63. The number of alkyl halides is 4. The van der Waals surface area contributed by atoms with Crippen LogP contribution in [-0.2, 0) is 25.3 Å². The highest BCUT2D eigenvalue weighted by Crippen LogP contribution is 2.54. The summed E-state index contributed by atoms with van der Waals surface area (Å²) < 4.78 is 61.0. The molecule has 12 nitrogen and oxygen atoms in total. The molecular formula is C36H42ClF3N4O8. The van der Waals surface area contributed by atoms with Crippen LogP contribution in [0.15, 0.2) is 30.4 Å². The number of hydrogen-bond donors (Lipinski definition) is 3. The van der Waals surface area contributed by atoms with Crippen molar-refractivity contribution in [2.24, 2.45) is 5.92 Å². The standard InChI is InChI=1S/C36H42ClF3N4O8/c1-33(2,3)52-32(49)42-24-11-9-7-5-6-8-10-19-15-35(19,31(47)48)43-29(45)25-17-34(18-44(25)30(24)46)16-22(37)26-21-14-20(50-4)12-13-23(21)41-28(27(26)51-34)36(38,39)40/h8,10,12-14,19,22,24-25H,5-7,9,11,15-18H2,1-4H3,(H,42,49)(H,43,45)(H,47,48)/b10-8-/t19-,22?,24+,25+,34-,35-/m1/s1. The lowest BCUT2D eigenvalue weighted by molar-refractivity contribution is -0.146. The maximum atomic E-state index is 14.6. The largest absolute Gasteiger partial charge is 0.497 e. The molecule has 1 saturated carbocycles. The van der Waals surface area contributed by atoms with Crippen LogP contribution in [0.25, 0.3) is 10.9 Å². The molecule has 6 atom stereocenters. The van der Waals surface area contributed by atoms with Crippen LogP contribution in [0.5, 0.6) is 11.5 Å². The van der Waals surface area contributed by atoms with Gasteiger partial charge in [-0.2, -0.15) is 13.2 Å². The minimum Gasteiger partial charge on any atom is -0.497 e. The number of ether oxygens (including phenoxy) is 3. The Balaban J connectivity index is 1.42. The van der Waals surface area contributed by atoms with Gasteiger partial charge >= 0.3 is 18.2 Å². The summed E-state index contributed by atoms with van der Waals surface area (Å²) >= 11 is 6.97. The normalized spacial score (nSPS) is 30.1. The first-order valence-corrected chi connectivity index (χ1v) is 17.7. The van der Waals surface area contributed by atoms with E-state index in [0.717, 1.165) is 6.42 Å². The third kappa shape index (κ3) is 7.33. The zero-order valence-corrected chi connectivity index (χ0v) is 30.0. The maximum absolute atomic E-state index is 14.6. The Hall–Kier alpha value is -4.27.